The van der Waals surface area contributed by atoms with Crippen molar-refractivity contribution in [1.82, 2.24) is 10.2 Å². The number of carbonyl (C=O) groups excluding carboxylic acids is 1. The van der Waals surface area contributed by atoms with E-state index in [1.807, 2.05) is 12.1 Å². The molecule has 3 aromatic rings. The van der Waals surface area contributed by atoms with E-state index in [1.165, 1.54) is 6.07 Å². The highest BCUT2D eigenvalue weighted by Gasteiger charge is 2.17. The molecule has 1 amide bonds. The number of amides is 1. The van der Waals surface area contributed by atoms with Gasteiger partial charge in [0.15, 0.2) is 0 Å². The first-order valence-corrected chi connectivity index (χ1v) is 8.88. The lowest BCUT2D eigenvalue weighted by molar-refractivity contribution is 0.0991. The maximum Gasteiger partial charge on any atom is 0.320 e. The van der Waals surface area contributed by atoms with Gasteiger partial charge in [0.1, 0.15) is 11.6 Å². The van der Waals surface area contributed by atoms with Gasteiger partial charge < -0.3 is 24.7 Å². The van der Waals surface area contributed by atoms with Gasteiger partial charge in [0.05, 0.1) is 18.9 Å². The molecule has 0 radical (unpaired) electrons. The van der Waals surface area contributed by atoms with Crippen LogP contribution >= 0.6 is 0 Å². The van der Waals surface area contributed by atoms with Crippen molar-refractivity contribution >= 4 is 29.0 Å². The number of carbonyl (C=O) groups is 1. The number of aromatic nitrogens is 2. The molecule has 1 aliphatic heterocycles. The third-order valence-corrected chi connectivity index (χ3v) is 4.29. The molecule has 10 heteroatoms. The maximum absolute atomic E-state index is 13.7. The molecule has 0 atom stereocenters. The summed E-state index contributed by atoms with van der Waals surface area (Å²) in [4.78, 5) is 14.5. The monoisotopic (exact) mass is 401 g/mol. The Morgan fingerprint density at radius 3 is 2.52 bits per heavy atom. The molecule has 0 unspecified atom stereocenters. The third kappa shape index (κ3) is 4.49. The van der Waals surface area contributed by atoms with Crippen LogP contribution in [0.15, 0.2) is 46.9 Å². The van der Waals surface area contributed by atoms with Crippen molar-refractivity contribution in [2.45, 2.75) is 0 Å². The zero-order valence-corrected chi connectivity index (χ0v) is 15.2. The number of halogens is 2. The molecular weight excluding hydrogens is 384 g/mol. The summed E-state index contributed by atoms with van der Waals surface area (Å²) in [5, 5.41) is 12.4. The van der Waals surface area contributed by atoms with Gasteiger partial charge in [-0.15, -0.1) is 5.10 Å². The first kappa shape index (κ1) is 18.8. The Morgan fingerprint density at radius 2 is 1.79 bits per heavy atom. The van der Waals surface area contributed by atoms with E-state index >= 15 is 0 Å². The van der Waals surface area contributed by atoms with Crippen LogP contribution in [0.4, 0.5) is 31.9 Å². The van der Waals surface area contributed by atoms with Crippen LogP contribution in [0.1, 0.15) is 10.7 Å². The van der Waals surface area contributed by atoms with Crippen LogP contribution < -0.4 is 15.5 Å². The predicted octanol–water partition coefficient (Wildman–Crippen LogP) is 3.18. The van der Waals surface area contributed by atoms with E-state index in [1.54, 1.807) is 12.1 Å². The predicted molar refractivity (Wildman–Crippen MR) is 101 cm³/mol. The number of nitrogens with one attached hydrogen (secondary N) is 2. The van der Waals surface area contributed by atoms with Crippen molar-refractivity contribution in [3.8, 4) is 0 Å². The zero-order valence-electron chi connectivity index (χ0n) is 15.2. The van der Waals surface area contributed by atoms with Crippen LogP contribution in [-0.2, 0) is 4.74 Å². The molecule has 0 aliphatic carbocycles. The van der Waals surface area contributed by atoms with E-state index in [4.69, 9.17) is 9.15 Å². The summed E-state index contributed by atoms with van der Waals surface area (Å²) in [5.41, 5.74) is 1.54. The highest BCUT2D eigenvalue weighted by Crippen LogP contribution is 2.21. The molecule has 2 heterocycles. The number of rotatable bonds is 5. The van der Waals surface area contributed by atoms with Gasteiger partial charge in [-0.25, -0.2) is 8.78 Å². The van der Waals surface area contributed by atoms with E-state index in [-0.39, 0.29) is 17.6 Å². The Labute approximate surface area is 164 Å². The Bertz CT molecular complexity index is 1000. The summed E-state index contributed by atoms with van der Waals surface area (Å²) in [5.74, 6) is -2.44. The summed E-state index contributed by atoms with van der Waals surface area (Å²) in [7, 11) is 0. The van der Waals surface area contributed by atoms with Gasteiger partial charge >= 0.3 is 17.8 Å². The molecule has 1 aromatic heterocycles. The second-order valence-corrected chi connectivity index (χ2v) is 6.26. The second-order valence-electron chi connectivity index (χ2n) is 6.26. The SMILES string of the molecule is O=C(Nc1ccc(N2CCOCC2)cc1)c1nnc(Nc2ccc(F)cc2F)o1. The van der Waals surface area contributed by atoms with E-state index in [0.717, 1.165) is 24.8 Å². The molecule has 29 heavy (non-hydrogen) atoms. The van der Waals surface area contributed by atoms with Crippen LogP contribution in [0.2, 0.25) is 0 Å². The van der Waals surface area contributed by atoms with Crippen molar-refractivity contribution in [3.05, 3.63) is 60.0 Å². The topological polar surface area (TPSA) is 92.5 Å². The minimum absolute atomic E-state index is 0.0549. The molecule has 4 rings (SSSR count). The van der Waals surface area contributed by atoms with E-state index in [9.17, 15) is 13.6 Å². The fourth-order valence-corrected chi connectivity index (χ4v) is 2.83. The Kier molecular flexibility index (Phi) is 5.34. The first-order chi connectivity index (χ1) is 14.1. The lowest BCUT2D eigenvalue weighted by Gasteiger charge is -2.28. The van der Waals surface area contributed by atoms with Gasteiger partial charge in [0.25, 0.3) is 0 Å². The molecule has 8 nitrogen and oxygen atoms in total. The Balaban J connectivity index is 1.38. The summed E-state index contributed by atoms with van der Waals surface area (Å²) in [6.07, 6.45) is 0. The highest BCUT2D eigenvalue weighted by molar-refractivity contribution is 6.01. The van der Waals surface area contributed by atoms with Crippen molar-refractivity contribution in [2.24, 2.45) is 0 Å². The van der Waals surface area contributed by atoms with E-state index < -0.39 is 17.5 Å². The molecule has 0 spiro atoms. The van der Waals surface area contributed by atoms with Gasteiger partial charge in [-0.05, 0) is 36.4 Å². The van der Waals surface area contributed by atoms with Crippen LogP contribution in [0.25, 0.3) is 0 Å². The molecule has 0 bridgehead atoms. The van der Waals surface area contributed by atoms with E-state index in [0.29, 0.717) is 25.0 Å². The van der Waals surface area contributed by atoms with Crippen molar-refractivity contribution in [1.29, 1.82) is 0 Å². The van der Waals surface area contributed by atoms with Gasteiger partial charge in [0, 0.05) is 30.5 Å². The number of hydrogen-bond acceptors (Lipinski definition) is 7. The van der Waals surface area contributed by atoms with E-state index in [2.05, 4.69) is 25.7 Å². The Hall–Kier alpha value is -3.53. The zero-order chi connectivity index (χ0) is 20.2. The van der Waals surface area contributed by atoms with Gasteiger partial charge in [-0.2, -0.15) is 0 Å². The molecule has 150 valence electrons. The largest absolute Gasteiger partial charge is 0.399 e. The molecule has 1 saturated heterocycles. The molecule has 0 saturated carbocycles. The standard InChI is InChI=1S/C19H17F2N5O3/c20-12-1-6-16(15(21)11-12)23-19-25-24-18(29-19)17(27)22-13-2-4-14(5-3-13)26-7-9-28-10-8-26/h1-6,11H,7-10H2,(H,22,27)(H,23,25). The minimum atomic E-state index is -0.824. The molecule has 1 fully saturated rings. The van der Waals surface area contributed by atoms with Crippen molar-refractivity contribution in [3.63, 3.8) is 0 Å². The molecule has 1 aliphatic rings. The van der Waals surface area contributed by atoms with Crippen molar-refractivity contribution < 1.29 is 22.7 Å². The third-order valence-electron chi connectivity index (χ3n) is 4.29. The maximum atomic E-state index is 13.7. The number of ether oxygens (including phenoxy) is 1. The summed E-state index contributed by atoms with van der Waals surface area (Å²) < 4.78 is 37.2. The lowest BCUT2D eigenvalue weighted by atomic mass is 10.2. The van der Waals surface area contributed by atoms with Crippen LogP contribution in [0.3, 0.4) is 0 Å². The Morgan fingerprint density at radius 1 is 1.03 bits per heavy atom. The van der Waals surface area contributed by atoms with Crippen LogP contribution in [0, 0.1) is 11.6 Å². The fourth-order valence-electron chi connectivity index (χ4n) is 2.83. The number of hydrogen-bond donors (Lipinski definition) is 2. The molecular formula is C19H17F2N5O3. The summed E-state index contributed by atoms with van der Waals surface area (Å²) in [6, 6.07) is 10.1. The minimum Gasteiger partial charge on any atom is -0.399 e. The number of benzene rings is 2. The summed E-state index contributed by atoms with van der Waals surface area (Å²) in [6.45, 7) is 3.01. The van der Waals surface area contributed by atoms with Crippen LogP contribution in [0.5, 0.6) is 0 Å². The average Bonchev–Trinajstić information content (AvgIpc) is 3.20. The molecule has 2 N–H and O–H groups in total. The summed E-state index contributed by atoms with van der Waals surface area (Å²) >= 11 is 0. The highest BCUT2D eigenvalue weighted by atomic mass is 19.1. The smallest absolute Gasteiger partial charge is 0.320 e. The first-order valence-electron chi connectivity index (χ1n) is 8.88. The van der Waals surface area contributed by atoms with Gasteiger partial charge in [-0.3, -0.25) is 4.79 Å². The van der Waals surface area contributed by atoms with Crippen LogP contribution in [-0.4, -0.2) is 42.4 Å². The van der Waals surface area contributed by atoms with Gasteiger partial charge in [0.2, 0.25) is 0 Å². The number of anilines is 4. The van der Waals surface area contributed by atoms with Crippen molar-refractivity contribution in [2.75, 3.05) is 41.8 Å². The van der Waals surface area contributed by atoms with Gasteiger partial charge in [-0.1, -0.05) is 5.10 Å². The second kappa shape index (κ2) is 8.23. The molecule has 2 aromatic carbocycles. The normalized spacial score (nSPS) is 13.9. The number of nitrogens with zero attached hydrogens (tertiary/aromatic N) is 3. The fraction of sp³-hybridized carbons (Fsp3) is 0.211. The number of morpholine rings is 1. The quantitative estimate of drug-likeness (QED) is 0.678. The average molecular weight is 401 g/mol. The lowest BCUT2D eigenvalue weighted by Crippen LogP contribution is -2.36.